The highest BCUT2D eigenvalue weighted by Gasteiger charge is 2.36. The van der Waals surface area contributed by atoms with E-state index in [1.165, 1.54) is 25.2 Å². The zero-order chi connectivity index (χ0) is 14.9. The number of aliphatic hydroxyl groups excluding tert-OH is 1. The molecule has 1 aliphatic rings. The lowest BCUT2D eigenvalue weighted by Crippen LogP contribution is -2.44. The van der Waals surface area contributed by atoms with Crippen molar-refractivity contribution in [3.63, 3.8) is 0 Å². The minimum Gasteiger partial charge on any atom is -0.390 e. The lowest BCUT2D eigenvalue weighted by atomic mass is 10.2. The first kappa shape index (κ1) is 15.2. The second-order valence-corrected chi connectivity index (χ2v) is 6.97. The highest BCUT2D eigenvalue weighted by atomic mass is 35.5. The van der Waals surface area contributed by atoms with Crippen molar-refractivity contribution in [3.05, 3.63) is 28.8 Å². The molecule has 0 bridgehead atoms. The summed E-state index contributed by atoms with van der Waals surface area (Å²) in [4.78, 5) is -0.144. The number of hydrogen-bond donors (Lipinski definition) is 2. The molecule has 108 valence electrons. The maximum absolute atomic E-state index is 12.6. The van der Waals surface area contributed by atoms with E-state index >= 15 is 0 Å². The van der Waals surface area contributed by atoms with Crippen molar-refractivity contribution < 1.29 is 13.5 Å². The summed E-state index contributed by atoms with van der Waals surface area (Å²) in [6.07, 6.45) is -0.778. The molecule has 0 saturated carbocycles. The summed E-state index contributed by atoms with van der Waals surface area (Å²) in [5.41, 5.74) is 0.0293. The van der Waals surface area contributed by atoms with E-state index in [1.54, 1.807) is 0 Å². The van der Waals surface area contributed by atoms with Gasteiger partial charge in [0.25, 0.3) is 0 Å². The molecule has 0 aromatic heterocycles. The van der Waals surface area contributed by atoms with Crippen molar-refractivity contribution in [1.82, 2.24) is 9.62 Å². The fourth-order valence-corrected chi connectivity index (χ4v) is 3.94. The molecule has 1 aliphatic heterocycles. The van der Waals surface area contributed by atoms with Crippen LogP contribution < -0.4 is 5.32 Å². The number of aliphatic hydroxyl groups is 1. The van der Waals surface area contributed by atoms with E-state index in [4.69, 9.17) is 16.9 Å². The Morgan fingerprint density at radius 2 is 2.20 bits per heavy atom. The molecule has 1 fully saturated rings. The van der Waals surface area contributed by atoms with Crippen LogP contribution in [0.4, 0.5) is 0 Å². The maximum atomic E-state index is 12.6. The quantitative estimate of drug-likeness (QED) is 0.829. The highest BCUT2D eigenvalue weighted by molar-refractivity contribution is 7.89. The van der Waals surface area contributed by atoms with Crippen LogP contribution in [0.5, 0.6) is 0 Å². The number of nitrogens with one attached hydrogen (secondary N) is 1. The zero-order valence-electron chi connectivity index (χ0n) is 10.7. The van der Waals surface area contributed by atoms with Crippen LogP contribution in [-0.2, 0) is 10.0 Å². The third-order valence-corrected chi connectivity index (χ3v) is 5.50. The molecular formula is C12H14ClN3O3S. The molecule has 0 unspecified atom stereocenters. The maximum Gasteiger partial charge on any atom is 0.244 e. The Hall–Kier alpha value is -1.17. The molecule has 0 radical (unpaired) electrons. The number of benzene rings is 1. The molecule has 6 nitrogen and oxygen atoms in total. The van der Waals surface area contributed by atoms with Gasteiger partial charge in [-0.3, -0.25) is 0 Å². The highest BCUT2D eigenvalue weighted by Crippen LogP contribution is 2.25. The number of sulfonamides is 1. The van der Waals surface area contributed by atoms with Gasteiger partial charge in [-0.25, -0.2) is 8.42 Å². The monoisotopic (exact) mass is 315 g/mol. The molecular weight excluding hydrogens is 302 g/mol. The van der Waals surface area contributed by atoms with Gasteiger partial charge in [0.1, 0.15) is 11.0 Å². The van der Waals surface area contributed by atoms with Crippen molar-refractivity contribution in [3.8, 4) is 6.07 Å². The predicted octanol–water partition coefficient (Wildman–Crippen LogP) is 0.165. The number of nitrogens with zero attached hydrogens (tertiary/aromatic N) is 2. The molecule has 1 saturated heterocycles. The topological polar surface area (TPSA) is 93.4 Å². The minimum atomic E-state index is -3.89. The Labute approximate surface area is 122 Å². The van der Waals surface area contributed by atoms with Crippen molar-refractivity contribution in [2.24, 2.45) is 0 Å². The van der Waals surface area contributed by atoms with Gasteiger partial charge in [0.15, 0.2) is 0 Å². The van der Waals surface area contributed by atoms with E-state index < -0.39 is 22.2 Å². The molecule has 20 heavy (non-hydrogen) atoms. The smallest absolute Gasteiger partial charge is 0.244 e. The number of likely N-dealkylation sites (N-methyl/N-ethyl adjacent to an activating group) is 1. The number of halogens is 1. The standard InChI is InChI=1S/C12H14ClN3O3S/c1-16(10-6-15-7-11(10)17)20(18,19)12-4-9(13)3-2-8(12)5-14/h2-4,10-11,15,17H,6-7H2,1H3/t10-,11-/m1/s1. The first-order valence-corrected chi connectivity index (χ1v) is 7.76. The molecule has 0 aliphatic carbocycles. The summed E-state index contributed by atoms with van der Waals surface area (Å²) in [5.74, 6) is 0. The molecule has 1 aromatic rings. The van der Waals surface area contributed by atoms with E-state index in [0.717, 1.165) is 4.31 Å². The van der Waals surface area contributed by atoms with Gasteiger partial charge < -0.3 is 10.4 Å². The first-order valence-electron chi connectivity index (χ1n) is 5.94. The van der Waals surface area contributed by atoms with Crippen LogP contribution in [0.1, 0.15) is 5.56 Å². The summed E-state index contributed by atoms with van der Waals surface area (Å²) in [6, 6.07) is 5.36. The second-order valence-electron chi connectivity index (χ2n) is 4.57. The van der Waals surface area contributed by atoms with Gasteiger partial charge in [0.05, 0.1) is 17.7 Å². The summed E-state index contributed by atoms with van der Waals surface area (Å²) in [6.45, 7) is 0.699. The van der Waals surface area contributed by atoms with E-state index in [-0.39, 0.29) is 15.5 Å². The fraction of sp³-hybridized carbons (Fsp3) is 0.417. The van der Waals surface area contributed by atoms with Crippen LogP contribution in [0.2, 0.25) is 5.02 Å². The van der Waals surface area contributed by atoms with Crippen molar-refractivity contribution in [2.45, 2.75) is 17.0 Å². The summed E-state index contributed by atoms with van der Waals surface area (Å²) >= 11 is 5.82. The third-order valence-electron chi connectivity index (χ3n) is 3.34. The van der Waals surface area contributed by atoms with Crippen LogP contribution >= 0.6 is 11.6 Å². The minimum absolute atomic E-state index is 0.0293. The number of β-amino-alcohol motifs (C(OH)–C–C–N with tert-alkyl or cyclic N) is 1. The van der Waals surface area contributed by atoms with Crippen molar-refractivity contribution in [1.29, 1.82) is 5.26 Å². The molecule has 1 heterocycles. The van der Waals surface area contributed by atoms with Crippen molar-refractivity contribution >= 4 is 21.6 Å². The molecule has 0 spiro atoms. The largest absolute Gasteiger partial charge is 0.390 e. The molecule has 1 aromatic carbocycles. The molecule has 2 rings (SSSR count). The average Bonchev–Trinajstić information content (AvgIpc) is 2.83. The normalized spacial score (nSPS) is 22.9. The Morgan fingerprint density at radius 1 is 1.50 bits per heavy atom. The molecule has 2 atom stereocenters. The number of nitriles is 1. The molecule has 0 amide bonds. The molecule has 8 heteroatoms. The van der Waals surface area contributed by atoms with Gasteiger partial charge in [-0.15, -0.1) is 0 Å². The number of rotatable bonds is 3. The SMILES string of the molecule is CN([C@@H]1CNC[C@H]1O)S(=O)(=O)c1cc(Cl)ccc1C#N. The Morgan fingerprint density at radius 3 is 2.75 bits per heavy atom. The van der Waals surface area contributed by atoms with Gasteiger partial charge in [0.2, 0.25) is 10.0 Å². The van der Waals surface area contributed by atoms with Crippen LogP contribution in [0.3, 0.4) is 0 Å². The Balaban J connectivity index is 2.45. The summed E-state index contributed by atoms with van der Waals surface area (Å²) < 4.78 is 26.2. The number of hydrogen-bond acceptors (Lipinski definition) is 5. The van der Waals surface area contributed by atoms with Crippen LogP contribution in [-0.4, -0.2) is 50.1 Å². The van der Waals surface area contributed by atoms with E-state index in [0.29, 0.717) is 13.1 Å². The van der Waals surface area contributed by atoms with Crippen molar-refractivity contribution in [2.75, 3.05) is 20.1 Å². The lowest BCUT2D eigenvalue weighted by Gasteiger charge is -2.26. The predicted molar refractivity (Wildman–Crippen MR) is 73.8 cm³/mol. The Bertz CT molecular complexity index is 656. The van der Waals surface area contributed by atoms with Crippen LogP contribution in [0.15, 0.2) is 23.1 Å². The van der Waals surface area contributed by atoms with E-state index in [2.05, 4.69) is 5.32 Å². The second kappa shape index (κ2) is 5.68. The first-order chi connectivity index (χ1) is 9.37. The van der Waals surface area contributed by atoms with Gasteiger partial charge in [0, 0.05) is 25.2 Å². The summed E-state index contributed by atoms with van der Waals surface area (Å²) in [7, 11) is -2.51. The van der Waals surface area contributed by atoms with Gasteiger partial charge in [-0.2, -0.15) is 9.57 Å². The fourth-order valence-electron chi connectivity index (χ4n) is 2.16. The van der Waals surface area contributed by atoms with E-state index in [9.17, 15) is 13.5 Å². The lowest BCUT2D eigenvalue weighted by molar-refractivity contribution is 0.136. The van der Waals surface area contributed by atoms with Crippen LogP contribution in [0.25, 0.3) is 0 Å². The van der Waals surface area contributed by atoms with Gasteiger partial charge in [-0.1, -0.05) is 11.6 Å². The third kappa shape index (κ3) is 2.66. The van der Waals surface area contributed by atoms with Gasteiger partial charge >= 0.3 is 0 Å². The van der Waals surface area contributed by atoms with Crippen LogP contribution in [0, 0.1) is 11.3 Å². The zero-order valence-corrected chi connectivity index (χ0v) is 12.3. The van der Waals surface area contributed by atoms with Gasteiger partial charge in [-0.05, 0) is 18.2 Å². The summed E-state index contributed by atoms with van der Waals surface area (Å²) in [5, 5.41) is 22.0. The molecule has 2 N–H and O–H groups in total. The Kier molecular flexibility index (Phi) is 4.32. The average molecular weight is 316 g/mol. The van der Waals surface area contributed by atoms with E-state index in [1.807, 2.05) is 6.07 Å².